The molecular weight excluding hydrogens is 626 g/mol. The van der Waals surface area contributed by atoms with Crippen LogP contribution in [0.3, 0.4) is 0 Å². The maximum Gasteiger partial charge on any atom is 0.265 e. The second-order valence-electron chi connectivity index (χ2n) is 14.8. The fraction of sp³-hybridized carbons (Fsp3) is 0.564. The molecule has 0 saturated heterocycles. The first-order valence-electron chi connectivity index (χ1n) is 17.6. The molecule has 4 atom stereocenters. The van der Waals surface area contributed by atoms with Crippen LogP contribution in [-0.2, 0) is 23.0 Å². The van der Waals surface area contributed by atoms with Crippen LogP contribution in [0.4, 0.5) is 0 Å². The third-order valence-corrected chi connectivity index (χ3v) is 12.0. The molecule has 0 saturated carbocycles. The molecule has 262 valence electrons. The van der Waals surface area contributed by atoms with Crippen molar-refractivity contribution in [1.29, 1.82) is 0 Å². The first-order valence-corrected chi connectivity index (χ1v) is 17.6. The van der Waals surface area contributed by atoms with E-state index in [0.29, 0.717) is 42.1 Å². The highest BCUT2D eigenvalue weighted by atomic mass is 16.5. The van der Waals surface area contributed by atoms with E-state index in [2.05, 4.69) is 38.9 Å². The maximum absolute atomic E-state index is 14.9. The van der Waals surface area contributed by atoms with E-state index in [1.165, 1.54) is 12.7 Å². The molecule has 4 aliphatic rings. The predicted molar refractivity (Wildman–Crippen MR) is 182 cm³/mol. The Kier molecular flexibility index (Phi) is 8.14. The number of methoxy groups -OCH3 is 2. The summed E-state index contributed by atoms with van der Waals surface area (Å²) in [7, 11) is 3.15. The van der Waals surface area contributed by atoms with E-state index < -0.39 is 34.6 Å². The standard InChI is InChI=1S/C39H47NO9/c1-8-10-15-47-23-18-25(45-6)31-26-21(19-38(31)20(3)13-12-14-37(38,4)5)27-30(32(41)28(23)26)35(43)39(44)22(33(27)46-7)17-24-29(34(39)42)36(40-49-24)48-16-11-9-2/h13,18,22,33,41,44H,8-12,14-17,19H2,1-7H3/t22-,33-,38+,39-/m1/s1. The molecule has 0 fully saturated rings. The van der Waals surface area contributed by atoms with Crippen LogP contribution in [0.15, 0.2) is 22.2 Å². The van der Waals surface area contributed by atoms with Gasteiger partial charge in [-0.15, -0.1) is 0 Å². The molecule has 0 unspecified atom stereocenters. The number of phenols is 1. The monoisotopic (exact) mass is 673 g/mol. The predicted octanol–water partition coefficient (Wildman–Crippen LogP) is 7.13. The summed E-state index contributed by atoms with van der Waals surface area (Å²) in [5, 5.41) is 30.0. The highest BCUT2D eigenvalue weighted by Gasteiger charge is 2.65. The van der Waals surface area contributed by atoms with Gasteiger partial charge < -0.3 is 33.7 Å². The van der Waals surface area contributed by atoms with Gasteiger partial charge in [-0.2, -0.15) is 0 Å². The smallest absolute Gasteiger partial charge is 0.265 e. The van der Waals surface area contributed by atoms with E-state index in [4.69, 9.17) is 23.5 Å². The van der Waals surface area contributed by atoms with Crippen LogP contribution in [0.2, 0.25) is 0 Å². The van der Waals surface area contributed by atoms with Crippen LogP contribution in [0.25, 0.3) is 10.8 Å². The molecule has 2 N–H and O–H groups in total. The van der Waals surface area contributed by atoms with Gasteiger partial charge in [0.1, 0.15) is 22.8 Å². The van der Waals surface area contributed by atoms with Gasteiger partial charge in [-0.1, -0.05) is 52.2 Å². The zero-order valence-electron chi connectivity index (χ0n) is 29.6. The van der Waals surface area contributed by atoms with Crippen LogP contribution >= 0.6 is 0 Å². The number of Topliss-reactive ketones (excluding diaryl/α,β-unsaturated/α-hetero) is 2. The second kappa shape index (κ2) is 11.9. The number of carbonyl (C=O) groups excluding carboxylic acids is 2. The number of hydrogen-bond donors (Lipinski definition) is 2. The van der Waals surface area contributed by atoms with Gasteiger partial charge in [-0.05, 0) is 60.7 Å². The SMILES string of the molecule is CCCCOc1noc2c1C(=O)[C@@]1(O)C(=O)c3c(c4c5c(c(OC)cc(OCCCC)c5c3O)[C@]3(C4)C(C)=CCCC3(C)C)[C@H](OC)[C@H]1C2. The number of carbonyl (C=O) groups is 2. The van der Waals surface area contributed by atoms with E-state index >= 15 is 0 Å². The minimum Gasteiger partial charge on any atom is -0.506 e. The lowest BCUT2D eigenvalue weighted by molar-refractivity contribution is -0.0607. The number of nitrogens with zero attached hydrogens (tertiary/aromatic N) is 1. The van der Waals surface area contributed by atoms with Crippen molar-refractivity contribution in [1.82, 2.24) is 5.16 Å². The minimum absolute atomic E-state index is 0.00947. The van der Waals surface area contributed by atoms with Gasteiger partial charge in [0.2, 0.25) is 11.6 Å². The second-order valence-corrected chi connectivity index (χ2v) is 14.8. The summed E-state index contributed by atoms with van der Waals surface area (Å²) >= 11 is 0. The summed E-state index contributed by atoms with van der Waals surface area (Å²) in [5.41, 5.74) is 0.00322. The van der Waals surface area contributed by atoms with Crippen molar-refractivity contribution in [2.24, 2.45) is 11.3 Å². The minimum atomic E-state index is -2.55. The maximum atomic E-state index is 14.9. The summed E-state index contributed by atoms with van der Waals surface area (Å²) in [4.78, 5) is 29.3. The number of aromatic nitrogens is 1. The molecule has 1 aromatic heterocycles. The third kappa shape index (κ3) is 4.35. The summed E-state index contributed by atoms with van der Waals surface area (Å²) in [6.45, 7) is 11.5. The van der Waals surface area contributed by atoms with E-state index in [1.54, 1.807) is 7.11 Å². The summed E-state index contributed by atoms with van der Waals surface area (Å²) < 4.78 is 30.1. The summed E-state index contributed by atoms with van der Waals surface area (Å²) in [6, 6.07) is 1.82. The van der Waals surface area contributed by atoms with Crippen molar-refractivity contribution < 1.29 is 43.3 Å². The average molecular weight is 674 g/mol. The Balaban J connectivity index is 1.52. The summed E-state index contributed by atoms with van der Waals surface area (Å²) in [5.74, 6) is -1.87. The van der Waals surface area contributed by atoms with Gasteiger partial charge in [-0.25, -0.2) is 0 Å². The Morgan fingerprint density at radius 1 is 1.00 bits per heavy atom. The zero-order valence-corrected chi connectivity index (χ0v) is 29.6. The highest BCUT2D eigenvalue weighted by molar-refractivity contribution is 6.27. The molecule has 1 heterocycles. The number of phenolic OH excluding ortho intramolecular Hbond substituents is 1. The number of aliphatic hydroxyl groups is 1. The first kappa shape index (κ1) is 33.6. The van der Waals surface area contributed by atoms with Crippen molar-refractivity contribution in [2.45, 2.75) is 103 Å². The topological polar surface area (TPSA) is 138 Å². The van der Waals surface area contributed by atoms with Crippen LogP contribution in [0.1, 0.15) is 122 Å². The van der Waals surface area contributed by atoms with Crippen LogP contribution in [0.5, 0.6) is 23.1 Å². The lowest BCUT2D eigenvalue weighted by Gasteiger charge is -2.49. The Bertz CT molecular complexity index is 1900. The number of unbranched alkanes of at least 4 members (excludes halogenated alkanes) is 2. The number of fused-ring (bicyclic) bond motifs is 5. The average Bonchev–Trinajstić information content (AvgIpc) is 3.65. The number of allylic oxidation sites excluding steroid dienone is 2. The van der Waals surface area contributed by atoms with Gasteiger partial charge in [0, 0.05) is 41.9 Å². The number of hydrogen-bond acceptors (Lipinski definition) is 10. The highest BCUT2D eigenvalue weighted by Crippen LogP contribution is 2.66. The number of aromatic hydroxyl groups is 1. The van der Waals surface area contributed by atoms with Crippen LogP contribution in [-0.4, -0.2) is 60.0 Å². The van der Waals surface area contributed by atoms with Gasteiger partial charge in [0.15, 0.2) is 11.4 Å². The van der Waals surface area contributed by atoms with Crippen molar-refractivity contribution in [3.63, 3.8) is 0 Å². The van der Waals surface area contributed by atoms with Gasteiger partial charge >= 0.3 is 0 Å². The zero-order chi connectivity index (χ0) is 35.0. The molecule has 1 spiro atoms. The molecule has 10 nitrogen and oxygen atoms in total. The van der Waals surface area contributed by atoms with Crippen molar-refractivity contribution in [3.8, 4) is 23.1 Å². The van der Waals surface area contributed by atoms with Gasteiger partial charge in [-0.3, -0.25) is 9.59 Å². The molecule has 7 rings (SSSR count). The largest absolute Gasteiger partial charge is 0.506 e. The Labute approximate surface area is 286 Å². The van der Waals surface area contributed by atoms with Crippen LogP contribution in [0, 0.1) is 11.3 Å². The molecule has 2 aromatic carbocycles. The molecule has 0 aliphatic heterocycles. The normalized spacial score (nSPS) is 26.4. The fourth-order valence-corrected chi connectivity index (χ4v) is 9.36. The third-order valence-electron chi connectivity index (χ3n) is 12.0. The Morgan fingerprint density at radius 3 is 2.35 bits per heavy atom. The first-order chi connectivity index (χ1) is 23.4. The molecule has 3 aromatic rings. The van der Waals surface area contributed by atoms with Crippen molar-refractivity contribution in [3.05, 3.63) is 51.3 Å². The number of rotatable bonds is 10. The van der Waals surface area contributed by atoms with Crippen LogP contribution < -0.4 is 14.2 Å². The Morgan fingerprint density at radius 2 is 1.69 bits per heavy atom. The molecular formula is C39H47NO9. The number of ketones is 2. The van der Waals surface area contributed by atoms with Gasteiger partial charge in [0.25, 0.3) is 5.88 Å². The molecule has 0 radical (unpaired) electrons. The molecule has 0 bridgehead atoms. The molecule has 0 amide bonds. The van der Waals surface area contributed by atoms with E-state index in [-0.39, 0.29) is 40.4 Å². The van der Waals surface area contributed by atoms with Crippen molar-refractivity contribution >= 4 is 22.3 Å². The summed E-state index contributed by atoms with van der Waals surface area (Å²) in [6.07, 6.45) is 7.01. The molecule has 10 heteroatoms. The lowest BCUT2D eigenvalue weighted by atomic mass is 9.54. The van der Waals surface area contributed by atoms with Gasteiger partial charge in [0.05, 0.1) is 37.4 Å². The number of benzene rings is 2. The quantitative estimate of drug-likeness (QED) is 0.130. The van der Waals surface area contributed by atoms with E-state index in [0.717, 1.165) is 55.0 Å². The van der Waals surface area contributed by atoms with E-state index in [1.807, 2.05) is 13.0 Å². The fourth-order valence-electron chi connectivity index (χ4n) is 9.36. The lowest BCUT2D eigenvalue weighted by Crippen LogP contribution is -2.60. The Hall–Kier alpha value is -3.89. The molecule has 4 aliphatic carbocycles. The van der Waals surface area contributed by atoms with Crippen molar-refractivity contribution in [2.75, 3.05) is 27.4 Å². The van der Waals surface area contributed by atoms with E-state index in [9.17, 15) is 19.8 Å². The molecule has 49 heavy (non-hydrogen) atoms. The number of ether oxygens (including phenoxy) is 4.